The van der Waals surface area contributed by atoms with E-state index in [2.05, 4.69) is 6.92 Å². The fraction of sp³-hybridized carbons (Fsp3) is 0.909. The van der Waals surface area contributed by atoms with Crippen LogP contribution in [0.25, 0.3) is 0 Å². The van der Waals surface area contributed by atoms with Crippen molar-refractivity contribution in [2.24, 2.45) is 0 Å². The lowest BCUT2D eigenvalue weighted by atomic mass is 10.1. The van der Waals surface area contributed by atoms with Crippen molar-refractivity contribution >= 4 is 17.5 Å². The largest absolute Gasteiger partial charge is 0.378 e. The van der Waals surface area contributed by atoms with Gasteiger partial charge in [-0.25, -0.2) is 0 Å². The van der Waals surface area contributed by atoms with Crippen LogP contribution in [-0.2, 0) is 9.53 Å². The summed E-state index contributed by atoms with van der Waals surface area (Å²) < 4.78 is 5.50. The predicted molar refractivity (Wildman–Crippen MR) is 60.8 cm³/mol. The van der Waals surface area contributed by atoms with Gasteiger partial charge in [0.25, 0.3) is 0 Å². The molecule has 0 radical (unpaired) electrons. The second-order valence-electron chi connectivity index (χ2n) is 3.70. The molecule has 14 heavy (non-hydrogen) atoms. The van der Waals surface area contributed by atoms with Gasteiger partial charge in [-0.05, 0) is 31.4 Å². The molecule has 2 nitrogen and oxygen atoms in total. The third kappa shape index (κ3) is 5.01. The molecular formula is C11H20O2S. The minimum absolute atomic E-state index is 0.398. The van der Waals surface area contributed by atoms with E-state index < -0.39 is 0 Å². The molecule has 3 heteroatoms. The van der Waals surface area contributed by atoms with Crippen LogP contribution in [0.4, 0.5) is 0 Å². The Hall–Kier alpha value is -0.0200. The molecule has 1 aliphatic heterocycles. The molecule has 0 saturated carbocycles. The number of carbonyl (C=O) groups excluding carboxylic acids is 1. The Balaban J connectivity index is 1.94. The Morgan fingerprint density at radius 2 is 2.43 bits per heavy atom. The molecule has 1 atom stereocenters. The lowest BCUT2D eigenvalue weighted by molar-refractivity contribution is -0.116. The second-order valence-corrected chi connectivity index (χ2v) is 4.98. The monoisotopic (exact) mass is 216 g/mol. The minimum Gasteiger partial charge on any atom is -0.378 e. The van der Waals surface area contributed by atoms with Gasteiger partial charge < -0.3 is 4.74 Å². The molecule has 0 N–H and O–H groups in total. The third-order valence-electron chi connectivity index (χ3n) is 2.47. The zero-order chi connectivity index (χ0) is 10.2. The zero-order valence-corrected chi connectivity index (χ0v) is 9.78. The summed E-state index contributed by atoms with van der Waals surface area (Å²) in [6.45, 7) is 3.01. The summed E-state index contributed by atoms with van der Waals surface area (Å²) >= 11 is 1.72. The maximum absolute atomic E-state index is 11.3. The van der Waals surface area contributed by atoms with E-state index in [9.17, 15) is 4.79 Å². The first-order chi connectivity index (χ1) is 6.83. The zero-order valence-electron chi connectivity index (χ0n) is 8.96. The van der Waals surface area contributed by atoms with E-state index in [0.717, 1.165) is 31.6 Å². The molecule has 1 saturated heterocycles. The molecule has 0 aromatic carbocycles. The lowest BCUT2D eigenvalue weighted by Crippen LogP contribution is -2.07. The molecule has 1 heterocycles. The topological polar surface area (TPSA) is 26.3 Å². The molecule has 1 aliphatic rings. The van der Waals surface area contributed by atoms with E-state index >= 15 is 0 Å². The highest BCUT2D eigenvalue weighted by molar-refractivity contribution is 7.99. The van der Waals surface area contributed by atoms with Crippen LogP contribution in [0.3, 0.4) is 0 Å². The number of Topliss-reactive ketones (excluding diaryl/α,β-unsaturated/α-hetero) is 1. The highest BCUT2D eigenvalue weighted by Crippen LogP contribution is 2.17. The van der Waals surface area contributed by atoms with Crippen molar-refractivity contribution in [1.82, 2.24) is 0 Å². The minimum atomic E-state index is 0.398. The summed E-state index contributed by atoms with van der Waals surface area (Å²) in [4.78, 5) is 11.3. The summed E-state index contributed by atoms with van der Waals surface area (Å²) in [5.74, 6) is 2.13. The predicted octanol–water partition coefficient (Wildman–Crippen LogP) is 2.66. The van der Waals surface area contributed by atoms with Crippen LogP contribution < -0.4 is 0 Å². The summed E-state index contributed by atoms with van der Waals surface area (Å²) in [6.07, 6.45) is 5.66. The normalized spacial score (nSPS) is 21.4. The van der Waals surface area contributed by atoms with Gasteiger partial charge in [-0.2, -0.15) is 11.8 Å². The number of ether oxygens (including phenoxy) is 1. The summed E-state index contributed by atoms with van der Waals surface area (Å²) in [5.41, 5.74) is 0. The summed E-state index contributed by atoms with van der Waals surface area (Å²) in [6, 6.07) is 0. The molecule has 0 aliphatic carbocycles. The van der Waals surface area contributed by atoms with Crippen LogP contribution >= 0.6 is 11.8 Å². The van der Waals surface area contributed by atoms with E-state index in [4.69, 9.17) is 4.74 Å². The number of ketones is 1. The van der Waals surface area contributed by atoms with Crippen LogP contribution in [0.15, 0.2) is 0 Å². The van der Waals surface area contributed by atoms with E-state index in [-0.39, 0.29) is 0 Å². The van der Waals surface area contributed by atoms with Gasteiger partial charge in [-0.15, -0.1) is 0 Å². The second kappa shape index (κ2) is 7.30. The Morgan fingerprint density at radius 3 is 3.07 bits per heavy atom. The SMILES string of the molecule is CCSCC(=O)CCCC1CCCO1. The van der Waals surface area contributed by atoms with Gasteiger partial charge in [0.15, 0.2) is 0 Å². The van der Waals surface area contributed by atoms with Crippen LogP contribution in [0.1, 0.15) is 39.0 Å². The van der Waals surface area contributed by atoms with Crippen molar-refractivity contribution in [1.29, 1.82) is 0 Å². The van der Waals surface area contributed by atoms with Gasteiger partial charge in [0.05, 0.1) is 11.9 Å². The van der Waals surface area contributed by atoms with Gasteiger partial charge >= 0.3 is 0 Å². The summed E-state index contributed by atoms with van der Waals surface area (Å²) in [7, 11) is 0. The third-order valence-corrected chi connectivity index (χ3v) is 3.41. The van der Waals surface area contributed by atoms with Crippen molar-refractivity contribution in [3.05, 3.63) is 0 Å². The van der Waals surface area contributed by atoms with Gasteiger partial charge in [0.2, 0.25) is 0 Å². The van der Waals surface area contributed by atoms with E-state index in [1.807, 2.05) is 0 Å². The maximum Gasteiger partial charge on any atom is 0.142 e. The van der Waals surface area contributed by atoms with Gasteiger partial charge in [0.1, 0.15) is 5.78 Å². The van der Waals surface area contributed by atoms with Crippen LogP contribution in [0.5, 0.6) is 0 Å². The first-order valence-corrected chi connectivity index (χ1v) is 6.69. The molecule has 0 spiro atoms. The van der Waals surface area contributed by atoms with Crippen molar-refractivity contribution in [3.8, 4) is 0 Å². The van der Waals surface area contributed by atoms with Gasteiger partial charge in [0, 0.05) is 13.0 Å². The number of hydrogen-bond donors (Lipinski definition) is 0. The average molecular weight is 216 g/mol. The number of rotatable bonds is 7. The molecule has 0 amide bonds. The smallest absolute Gasteiger partial charge is 0.142 e. The fourth-order valence-corrected chi connectivity index (χ4v) is 2.26. The summed E-state index contributed by atoms with van der Waals surface area (Å²) in [5, 5.41) is 0. The number of thioether (sulfide) groups is 1. The van der Waals surface area contributed by atoms with Crippen LogP contribution in [-0.4, -0.2) is 30.0 Å². The Labute approximate surface area is 90.8 Å². The molecule has 1 fully saturated rings. The maximum atomic E-state index is 11.3. The quantitative estimate of drug-likeness (QED) is 0.654. The molecule has 0 aromatic rings. The average Bonchev–Trinajstić information content (AvgIpc) is 2.67. The molecule has 1 rings (SSSR count). The Kier molecular flexibility index (Phi) is 6.28. The highest BCUT2D eigenvalue weighted by Gasteiger charge is 2.15. The van der Waals surface area contributed by atoms with Crippen LogP contribution in [0.2, 0.25) is 0 Å². The molecule has 0 bridgehead atoms. The number of carbonyl (C=O) groups is 1. The Bertz CT molecular complexity index is 165. The first kappa shape index (κ1) is 12.1. The van der Waals surface area contributed by atoms with Crippen LogP contribution in [0, 0.1) is 0 Å². The molecule has 82 valence electrons. The van der Waals surface area contributed by atoms with Crippen molar-refractivity contribution < 1.29 is 9.53 Å². The highest BCUT2D eigenvalue weighted by atomic mass is 32.2. The standard InChI is InChI=1S/C11H20O2S/c1-2-14-9-10(12)5-3-6-11-7-4-8-13-11/h11H,2-9H2,1H3. The van der Waals surface area contributed by atoms with Crippen molar-refractivity contribution in [3.63, 3.8) is 0 Å². The lowest BCUT2D eigenvalue weighted by Gasteiger charge is -2.07. The van der Waals surface area contributed by atoms with Gasteiger partial charge in [-0.3, -0.25) is 4.79 Å². The van der Waals surface area contributed by atoms with E-state index in [1.165, 1.54) is 12.8 Å². The van der Waals surface area contributed by atoms with Crippen molar-refractivity contribution in [2.45, 2.75) is 45.1 Å². The van der Waals surface area contributed by atoms with E-state index in [1.54, 1.807) is 11.8 Å². The molecule has 0 aromatic heterocycles. The first-order valence-electron chi connectivity index (χ1n) is 5.54. The van der Waals surface area contributed by atoms with Crippen molar-refractivity contribution in [2.75, 3.05) is 18.1 Å². The number of hydrogen-bond acceptors (Lipinski definition) is 3. The van der Waals surface area contributed by atoms with Gasteiger partial charge in [-0.1, -0.05) is 6.92 Å². The molecular weight excluding hydrogens is 196 g/mol. The van der Waals surface area contributed by atoms with E-state index in [0.29, 0.717) is 17.6 Å². The Morgan fingerprint density at radius 1 is 1.57 bits per heavy atom. The molecule has 1 unspecified atom stereocenters. The fourth-order valence-electron chi connectivity index (χ4n) is 1.69.